The number of rotatable bonds is 0. The van der Waals surface area contributed by atoms with Crippen LogP contribution in [0.3, 0.4) is 0 Å². The second-order valence-electron chi connectivity index (χ2n) is 7.41. The molecule has 5 rings (SSSR count). The van der Waals surface area contributed by atoms with Crippen molar-refractivity contribution in [3.8, 4) is 0 Å². The number of nitrogens with one attached hydrogen (secondary N) is 2. The van der Waals surface area contributed by atoms with Crippen molar-refractivity contribution < 1.29 is 4.79 Å². The first-order valence-corrected chi connectivity index (χ1v) is 8.90. The highest BCUT2D eigenvalue weighted by Crippen LogP contribution is 2.31. The number of H-pyrrole nitrogens is 2. The molecule has 0 spiro atoms. The molecule has 5 heterocycles. The summed E-state index contributed by atoms with van der Waals surface area (Å²) in [5.74, 6) is -0.0742. The molecule has 2 aromatic rings. The zero-order chi connectivity index (χ0) is 18.6. The molecule has 3 aliphatic rings. The van der Waals surface area contributed by atoms with Crippen LogP contribution in [0.4, 0.5) is 0 Å². The number of allylic oxidation sites excluding steroid dienone is 4. The van der Waals surface area contributed by atoms with E-state index >= 15 is 0 Å². The highest BCUT2D eigenvalue weighted by atomic mass is 16.1. The van der Waals surface area contributed by atoms with Crippen LogP contribution >= 0.6 is 0 Å². The Morgan fingerprint density at radius 3 is 1.70 bits per heavy atom. The van der Waals surface area contributed by atoms with Crippen LogP contribution in [-0.4, -0.2) is 27.2 Å². The van der Waals surface area contributed by atoms with Crippen molar-refractivity contribution in [2.45, 2.75) is 13.8 Å². The molecule has 27 heavy (non-hydrogen) atoms. The number of hydrogen-bond acceptors (Lipinski definition) is 3. The summed E-state index contributed by atoms with van der Waals surface area (Å²) in [6, 6.07) is 7.39. The molecule has 0 amide bonds. The van der Waals surface area contributed by atoms with Gasteiger partial charge in [0.15, 0.2) is 0 Å². The van der Waals surface area contributed by atoms with Crippen molar-refractivity contribution in [1.29, 1.82) is 0 Å². The molecule has 0 radical (unpaired) electrons. The lowest BCUT2D eigenvalue weighted by molar-refractivity contribution is 0.103. The molecule has 132 valence electrons. The molecule has 5 heteroatoms. The predicted molar refractivity (Wildman–Crippen MR) is 108 cm³/mol. The Bertz CT molecular complexity index is 1070. The van der Waals surface area contributed by atoms with Gasteiger partial charge in [0.2, 0.25) is 5.78 Å². The summed E-state index contributed by atoms with van der Waals surface area (Å²) in [6.45, 7) is 4.26. The van der Waals surface area contributed by atoms with Crippen LogP contribution in [0.1, 0.15) is 41.4 Å². The van der Waals surface area contributed by atoms with E-state index in [2.05, 4.69) is 23.8 Å². The molecule has 8 bridgehead atoms. The number of nitrogens with zero attached hydrogens (tertiary/aromatic N) is 2. The fraction of sp³-hybridized carbons (Fsp3) is 0.136. The van der Waals surface area contributed by atoms with E-state index in [1.807, 2.05) is 48.6 Å². The summed E-state index contributed by atoms with van der Waals surface area (Å²) >= 11 is 0. The number of carbonyl (C=O) groups excluding carboxylic acids is 1. The summed E-state index contributed by atoms with van der Waals surface area (Å²) in [5, 5.41) is 0. The Morgan fingerprint density at radius 2 is 1.22 bits per heavy atom. The van der Waals surface area contributed by atoms with Gasteiger partial charge in [-0.2, -0.15) is 0 Å². The molecule has 0 aliphatic carbocycles. The molecule has 2 N–H and O–H groups in total. The van der Waals surface area contributed by atoms with Gasteiger partial charge >= 0.3 is 0 Å². The average Bonchev–Trinajstić information content (AvgIpc) is 3.42. The number of hydrogen-bond donors (Lipinski definition) is 2. The summed E-state index contributed by atoms with van der Waals surface area (Å²) in [5.41, 5.74) is 6.13. The van der Waals surface area contributed by atoms with Gasteiger partial charge in [0.25, 0.3) is 0 Å². The molecule has 5 nitrogen and oxygen atoms in total. The Hall–Kier alpha value is -3.47. The first-order valence-electron chi connectivity index (χ1n) is 8.90. The van der Waals surface area contributed by atoms with Crippen molar-refractivity contribution in [2.24, 2.45) is 15.4 Å². The van der Waals surface area contributed by atoms with Gasteiger partial charge in [0, 0.05) is 16.8 Å². The minimum Gasteiger partial charge on any atom is -0.352 e. The first-order chi connectivity index (χ1) is 13.0. The Morgan fingerprint density at radius 1 is 0.741 bits per heavy atom. The third kappa shape index (κ3) is 2.59. The summed E-state index contributed by atoms with van der Waals surface area (Å²) in [4.78, 5) is 28.6. The van der Waals surface area contributed by atoms with Crippen LogP contribution in [-0.2, 0) is 0 Å². The van der Waals surface area contributed by atoms with Crippen LogP contribution < -0.4 is 0 Å². The molecule has 0 saturated heterocycles. The highest BCUT2D eigenvalue weighted by molar-refractivity contribution is 6.21. The Balaban J connectivity index is 1.69. The van der Waals surface area contributed by atoms with Gasteiger partial charge in [-0.3, -0.25) is 14.8 Å². The number of aliphatic imine (C=N–C) groups is 2. The van der Waals surface area contributed by atoms with E-state index in [9.17, 15) is 4.79 Å². The van der Waals surface area contributed by atoms with Gasteiger partial charge in [-0.25, -0.2) is 0 Å². The van der Waals surface area contributed by atoms with Crippen LogP contribution in [0.2, 0.25) is 0 Å². The fourth-order valence-corrected chi connectivity index (χ4v) is 3.46. The highest BCUT2D eigenvalue weighted by Gasteiger charge is 2.32. The number of aromatic nitrogens is 2. The third-order valence-corrected chi connectivity index (χ3v) is 5.12. The monoisotopic (exact) mass is 354 g/mol. The van der Waals surface area contributed by atoms with Crippen LogP contribution in [0.15, 0.2) is 69.9 Å². The predicted octanol–water partition coefficient (Wildman–Crippen LogP) is 4.32. The van der Waals surface area contributed by atoms with Crippen LogP contribution in [0.25, 0.3) is 12.2 Å². The first kappa shape index (κ1) is 15.8. The lowest BCUT2D eigenvalue weighted by atomic mass is 9.82. The molecule has 0 saturated carbocycles. The Kier molecular flexibility index (Phi) is 3.22. The standard InChI is InChI=1S/C22H18N4O/c1-22(2)19-9-5-15(25-19)11-13-3-7-17(23-13)21(27)18-8-4-14(24-18)12-16-6-10-20(22)26-16/h3-12,23-24H,1-2H3/b15-11-,16-12-. The van der Waals surface area contributed by atoms with Gasteiger partial charge in [-0.05, 0) is 74.6 Å². The van der Waals surface area contributed by atoms with Gasteiger partial charge in [-0.15, -0.1) is 0 Å². The minimum absolute atomic E-state index is 0.0742. The van der Waals surface area contributed by atoms with Crippen molar-refractivity contribution in [1.82, 2.24) is 9.97 Å². The lowest BCUT2D eigenvalue weighted by Gasteiger charge is -2.22. The smallest absolute Gasteiger partial charge is 0.225 e. The third-order valence-electron chi connectivity index (χ3n) is 5.12. The SMILES string of the molecule is CC1(C)C2=N/C(=C\c3ccc([nH]3)C(=O)c3ccc([nH]3)/C=C3/C=CC1=N3)C=C2. The molecular formula is C22H18N4O. The summed E-state index contributed by atoms with van der Waals surface area (Å²) < 4.78 is 0. The lowest BCUT2D eigenvalue weighted by Crippen LogP contribution is -2.30. The van der Waals surface area contributed by atoms with Gasteiger partial charge in [-0.1, -0.05) is 0 Å². The van der Waals surface area contributed by atoms with Crippen molar-refractivity contribution >= 4 is 29.4 Å². The molecular weight excluding hydrogens is 336 g/mol. The number of aromatic amines is 2. The van der Waals surface area contributed by atoms with Gasteiger partial charge in [0.05, 0.1) is 34.2 Å². The molecule has 0 aromatic carbocycles. The van der Waals surface area contributed by atoms with E-state index in [4.69, 9.17) is 9.98 Å². The largest absolute Gasteiger partial charge is 0.352 e. The van der Waals surface area contributed by atoms with Gasteiger partial charge in [0.1, 0.15) is 0 Å². The Labute approximate surface area is 156 Å². The molecule has 2 aromatic heterocycles. The van der Waals surface area contributed by atoms with E-state index in [0.29, 0.717) is 11.4 Å². The van der Waals surface area contributed by atoms with Crippen LogP contribution in [0.5, 0.6) is 0 Å². The van der Waals surface area contributed by atoms with E-state index in [0.717, 1.165) is 34.2 Å². The molecule has 0 fully saturated rings. The second-order valence-corrected chi connectivity index (χ2v) is 7.41. The zero-order valence-corrected chi connectivity index (χ0v) is 15.1. The number of carbonyl (C=O) groups is 1. The van der Waals surface area contributed by atoms with Gasteiger partial charge < -0.3 is 9.97 Å². The molecule has 0 unspecified atom stereocenters. The van der Waals surface area contributed by atoms with E-state index in [1.54, 1.807) is 12.1 Å². The molecule has 0 atom stereocenters. The average molecular weight is 354 g/mol. The normalized spacial score (nSPS) is 23.6. The van der Waals surface area contributed by atoms with E-state index in [-0.39, 0.29) is 11.2 Å². The maximum atomic E-state index is 12.7. The summed E-state index contributed by atoms with van der Waals surface area (Å²) in [7, 11) is 0. The second kappa shape index (κ2) is 5.51. The number of ketones is 1. The maximum Gasteiger partial charge on any atom is 0.225 e. The topological polar surface area (TPSA) is 73.4 Å². The van der Waals surface area contributed by atoms with Crippen molar-refractivity contribution in [3.05, 3.63) is 82.7 Å². The molecule has 3 aliphatic heterocycles. The van der Waals surface area contributed by atoms with E-state index < -0.39 is 0 Å². The van der Waals surface area contributed by atoms with Crippen molar-refractivity contribution in [2.75, 3.05) is 0 Å². The van der Waals surface area contributed by atoms with Crippen LogP contribution in [0, 0.1) is 5.41 Å². The zero-order valence-electron chi connectivity index (χ0n) is 15.1. The quantitative estimate of drug-likeness (QED) is 0.726. The van der Waals surface area contributed by atoms with E-state index in [1.165, 1.54) is 0 Å². The maximum absolute atomic E-state index is 12.7. The number of fused-ring (bicyclic) bond motifs is 6. The fourth-order valence-electron chi connectivity index (χ4n) is 3.46. The minimum atomic E-state index is -0.299. The summed E-state index contributed by atoms with van der Waals surface area (Å²) in [6.07, 6.45) is 11.9. The van der Waals surface area contributed by atoms with Crippen molar-refractivity contribution in [3.63, 3.8) is 0 Å².